The fourth-order valence-corrected chi connectivity index (χ4v) is 1.49. The maximum Gasteiger partial charge on any atom is 0.338 e. The Morgan fingerprint density at radius 1 is 1.50 bits per heavy atom. The van der Waals surface area contributed by atoms with Gasteiger partial charge in [0, 0.05) is 11.1 Å². The molecule has 0 atom stereocenters. The Kier molecular flexibility index (Phi) is 1.82. The number of benzene rings is 1. The average molecular weight is 195 g/mol. The molecule has 0 unspecified atom stereocenters. The molecule has 0 saturated heterocycles. The van der Waals surface area contributed by atoms with Crippen LogP contribution in [-0.2, 0) is 5.54 Å². The van der Waals surface area contributed by atoms with E-state index in [4.69, 9.17) is 10.8 Å². The molecule has 2 rings (SSSR count). The lowest BCUT2D eigenvalue weighted by molar-refractivity contribution is 0.0691. The van der Waals surface area contributed by atoms with Gasteiger partial charge in [0.2, 0.25) is 0 Å². The molecular formula is C10H10FNO2. The van der Waals surface area contributed by atoms with Crippen molar-refractivity contribution in [3.8, 4) is 0 Å². The van der Waals surface area contributed by atoms with E-state index >= 15 is 0 Å². The number of carboxylic acid groups (broad SMARTS) is 1. The van der Waals surface area contributed by atoms with Gasteiger partial charge in [-0.25, -0.2) is 9.18 Å². The third kappa shape index (κ3) is 1.28. The fourth-order valence-electron chi connectivity index (χ4n) is 1.49. The maximum absolute atomic E-state index is 13.6. The van der Waals surface area contributed by atoms with Gasteiger partial charge >= 0.3 is 5.97 Å². The Morgan fingerprint density at radius 3 is 2.64 bits per heavy atom. The van der Waals surface area contributed by atoms with E-state index in [0.717, 1.165) is 0 Å². The van der Waals surface area contributed by atoms with Crippen molar-refractivity contribution in [1.82, 2.24) is 0 Å². The molecule has 1 aromatic carbocycles. The minimum Gasteiger partial charge on any atom is -0.478 e. The van der Waals surface area contributed by atoms with Crippen molar-refractivity contribution in [2.24, 2.45) is 5.73 Å². The first-order chi connectivity index (χ1) is 6.54. The molecule has 0 heterocycles. The summed E-state index contributed by atoms with van der Waals surface area (Å²) in [7, 11) is 0. The van der Waals surface area contributed by atoms with Gasteiger partial charge in [-0.2, -0.15) is 0 Å². The summed E-state index contributed by atoms with van der Waals surface area (Å²) in [6, 6.07) is 4.32. The average Bonchev–Trinajstić information content (AvgIpc) is 2.84. The topological polar surface area (TPSA) is 63.3 Å². The Morgan fingerprint density at radius 2 is 2.14 bits per heavy atom. The molecular weight excluding hydrogens is 185 g/mol. The molecule has 0 radical (unpaired) electrons. The van der Waals surface area contributed by atoms with E-state index in [0.29, 0.717) is 18.4 Å². The minimum absolute atomic E-state index is 0.306. The van der Waals surface area contributed by atoms with Gasteiger partial charge in [-0.05, 0) is 18.9 Å². The Hall–Kier alpha value is -1.42. The fraction of sp³-hybridized carbons (Fsp3) is 0.300. The minimum atomic E-state index is -1.26. The van der Waals surface area contributed by atoms with Gasteiger partial charge in [0.1, 0.15) is 5.82 Å². The standard InChI is InChI=1S/C10H10FNO2/c11-8-6(9(13)14)2-1-3-7(8)10(12)4-5-10/h1-3H,4-5,12H2,(H,13,14). The lowest BCUT2D eigenvalue weighted by Crippen LogP contribution is -2.21. The molecule has 0 aromatic heterocycles. The predicted octanol–water partition coefficient (Wildman–Crippen LogP) is 1.47. The van der Waals surface area contributed by atoms with Crippen molar-refractivity contribution in [2.45, 2.75) is 18.4 Å². The second kappa shape index (κ2) is 2.78. The number of carbonyl (C=O) groups is 1. The summed E-state index contributed by atoms with van der Waals surface area (Å²) in [5.74, 6) is -1.95. The zero-order chi connectivity index (χ0) is 10.3. The molecule has 1 aromatic rings. The second-order valence-corrected chi connectivity index (χ2v) is 3.63. The Labute approximate surface area is 80.3 Å². The van der Waals surface area contributed by atoms with E-state index in [9.17, 15) is 9.18 Å². The smallest absolute Gasteiger partial charge is 0.338 e. The highest BCUT2D eigenvalue weighted by Gasteiger charge is 2.42. The summed E-state index contributed by atoms with van der Waals surface area (Å²) in [5, 5.41) is 8.70. The summed E-state index contributed by atoms with van der Waals surface area (Å²) >= 11 is 0. The lowest BCUT2D eigenvalue weighted by atomic mass is 10.0. The third-order valence-corrected chi connectivity index (χ3v) is 2.55. The first-order valence-corrected chi connectivity index (χ1v) is 4.36. The van der Waals surface area contributed by atoms with E-state index in [1.807, 2.05) is 0 Å². The first-order valence-electron chi connectivity index (χ1n) is 4.36. The van der Waals surface area contributed by atoms with Crippen LogP contribution >= 0.6 is 0 Å². The van der Waals surface area contributed by atoms with Gasteiger partial charge in [0.15, 0.2) is 0 Å². The van der Waals surface area contributed by atoms with Crippen molar-refractivity contribution < 1.29 is 14.3 Å². The van der Waals surface area contributed by atoms with Gasteiger partial charge in [0.05, 0.1) is 5.56 Å². The summed E-state index contributed by atoms with van der Waals surface area (Å²) < 4.78 is 13.6. The van der Waals surface area contributed by atoms with Crippen molar-refractivity contribution >= 4 is 5.97 Å². The summed E-state index contributed by atoms with van der Waals surface area (Å²) in [4.78, 5) is 10.6. The highest BCUT2D eigenvalue weighted by atomic mass is 19.1. The van der Waals surface area contributed by atoms with Crippen LogP contribution in [0, 0.1) is 5.82 Å². The number of hydrogen-bond acceptors (Lipinski definition) is 2. The van der Waals surface area contributed by atoms with Gasteiger partial charge in [-0.3, -0.25) is 0 Å². The molecule has 0 amide bonds. The van der Waals surface area contributed by atoms with E-state index < -0.39 is 17.3 Å². The van der Waals surface area contributed by atoms with Crippen LogP contribution in [0.25, 0.3) is 0 Å². The summed E-state index contributed by atoms with van der Waals surface area (Å²) in [6.45, 7) is 0. The van der Waals surface area contributed by atoms with Crippen LogP contribution in [-0.4, -0.2) is 11.1 Å². The molecule has 3 nitrogen and oxygen atoms in total. The molecule has 1 aliphatic rings. The Bertz CT molecular complexity index is 399. The largest absolute Gasteiger partial charge is 0.478 e. The molecule has 1 saturated carbocycles. The van der Waals surface area contributed by atoms with Gasteiger partial charge < -0.3 is 10.8 Å². The van der Waals surface area contributed by atoms with Crippen LogP contribution in [0.4, 0.5) is 4.39 Å². The highest BCUT2D eigenvalue weighted by molar-refractivity contribution is 5.88. The molecule has 14 heavy (non-hydrogen) atoms. The number of nitrogens with two attached hydrogens (primary N) is 1. The van der Waals surface area contributed by atoms with Gasteiger partial charge in [-0.15, -0.1) is 0 Å². The van der Waals surface area contributed by atoms with Crippen LogP contribution in [0.2, 0.25) is 0 Å². The first kappa shape index (κ1) is 9.15. The molecule has 1 aliphatic carbocycles. The van der Waals surface area contributed by atoms with Gasteiger partial charge in [-0.1, -0.05) is 12.1 Å². The zero-order valence-electron chi connectivity index (χ0n) is 7.46. The number of hydrogen-bond donors (Lipinski definition) is 2. The number of carboxylic acids is 1. The van der Waals surface area contributed by atoms with Crippen LogP contribution in [0.15, 0.2) is 18.2 Å². The molecule has 0 spiro atoms. The predicted molar refractivity (Wildman–Crippen MR) is 48.5 cm³/mol. The van der Waals surface area contributed by atoms with Crippen molar-refractivity contribution in [1.29, 1.82) is 0 Å². The molecule has 1 fully saturated rings. The number of aromatic carboxylic acids is 1. The molecule has 4 heteroatoms. The van der Waals surface area contributed by atoms with Crippen molar-refractivity contribution in [3.63, 3.8) is 0 Å². The second-order valence-electron chi connectivity index (χ2n) is 3.63. The quantitative estimate of drug-likeness (QED) is 0.751. The molecule has 0 aliphatic heterocycles. The summed E-state index contributed by atoms with van der Waals surface area (Å²) in [5.41, 5.74) is 5.19. The Balaban J connectivity index is 2.52. The highest BCUT2D eigenvalue weighted by Crippen LogP contribution is 2.44. The van der Waals surface area contributed by atoms with Gasteiger partial charge in [0.25, 0.3) is 0 Å². The van der Waals surface area contributed by atoms with Crippen LogP contribution < -0.4 is 5.73 Å². The molecule has 0 bridgehead atoms. The van der Waals surface area contributed by atoms with E-state index in [1.165, 1.54) is 12.1 Å². The number of rotatable bonds is 2. The maximum atomic E-state index is 13.6. The van der Waals surface area contributed by atoms with E-state index in [1.54, 1.807) is 6.07 Å². The monoisotopic (exact) mass is 195 g/mol. The van der Waals surface area contributed by atoms with Crippen LogP contribution in [0.5, 0.6) is 0 Å². The number of halogens is 1. The van der Waals surface area contributed by atoms with Crippen LogP contribution in [0.1, 0.15) is 28.8 Å². The lowest BCUT2D eigenvalue weighted by Gasteiger charge is -2.11. The molecule has 3 N–H and O–H groups in total. The normalized spacial score (nSPS) is 17.9. The third-order valence-electron chi connectivity index (χ3n) is 2.55. The SMILES string of the molecule is NC1(c2cccc(C(=O)O)c2F)CC1. The van der Waals surface area contributed by atoms with Crippen LogP contribution in [0.3, 0.4) is 0 Å². The zero-order valence-corrected chi connectivity index (χ0v) is 7.46. The van der Waals surface area contributed by atoms with Crippen molar-refractivity contribution in [2.75, 3.05) is 0 Å². The van der Waals surface area contributed by atoms with Crippen molar-refractivity contribution in [3.05, 3.63) is 35.1 Å². The molecule has 74 valence electrons. The van der Waals surface area contributed by atoms with E-state index in [-0.39, 0.29) is 5.56 Å². The summed E-state index contributed by atoms with van der Waals surface area (Å²) in [6.07, 6.45) is 1.43. The van der Waals surface area contributed by atoms with E-state index in [2.05, 4.69) is 0 Å².